The molecule has 0 aliphatic rings. The molecule has 1 heterocycles. The Bertz CT molecular complexity index is 566. The molecule has 0 bridgehead atoms. The maximum Gasteiger partial charge on any atom is 0.198 e. The lowest BCUT2D eigenvalue weighted by Gasteiger charge is -2.03. The molecule has 0 amide bonds. The van der Waals surface area contributed by atoms with Crippen molar-refractivity contribution in [3.8, 4) is 5.75 Å². The van der Waals surface area contributed by atoms with Crippen LogP contribution in [0.2, 0.25) is 0 Å². The van der Waals surface area contributed by atoms with Gasteiger partial charge in [0.05, 0.1) is 7.11 Å². The summed E-state index contributed by atoms with van der Waals surface area (Å²) in [4.78, 5) is 11.8. The maximum atomic E-state index is 11.8. The van der Waals surface area contributed by atoms with Crippen molar-refractivity contribution in [2.75, 3.05) is 7.11 Å². The standard InChI is InChI=1S/C15H18O3/c1-4-6-12(16)13-9-11-7-10(5-2)8-14(17-3)15(11)18-13/h7-9H,4-6H2,1-3H3. The summed E-state index contributed by atoms with van der Waals surface area (Å²) in [7, 11) is 1.62. The lowest BCUT2D eigenvalue weighted by Crippen LogP contribution is -1.94. The lowest BCUT2D eigenvalue weighted by molar-refractivity contribution is 0.0957. The summed E-state index contributed by atoms with van der Waals surface area (Å²) >= 11 is 0. The Labute approximate surface area is 107 Å². The minimum atomic E-state index is 0.0498. The van der Waals surface area contributed by atoms with Crippen LogP contribution >= 0.6 is 0 Å². The first-order valence-corrected chi connectivity index (χ1v) is 6.33. The highest BCUT2D eigenvalue weighted by Gasteiger charge is 2.15. The van der Waals surface area contributed by atoms with E-state index >= 15 is 0 Å². The van der Waals surface area contributed by atoms with E-state index in [2.05, 4.69) is 6.92 Å². The van der Waals surface area contributed by atoms with Crippen LogP contribution in [0.1, 0.15) is 42.8 Å². The third-order valence-electron chi connectivity index (χ3n) is 3.02. The summed E-state index contributed by atoms with van der Waals surface area (Å²) in [5.74, 6) is 1.17. The van der Waals surface area contributed by atoms with Crippen molar-refractivity contribution >= 4 is 16.8 Å². The maximum absolute atomic E-state index is 11.8. The predicted octanol–water partition coefficient (Wildman–Crippen LogP) is 3.99. The summed E-state index contributed by atoms with van der Waals surface area (Å²) in [6.07, 6.45) is 2.27. The zero-order chi connectivity index (χ0) is 13.1. The SMILES string of the molecule is CCCC(=O)c1cc2cc(CC)cc(OC)c2o1. The minimum absolute atomic E-state index is 0.0498. The normalized spacial score (nSPS) is 10.8. The number of methoxy groups -OCH3 is 1. The molecule has 1 aromatic carbocycles. The van der Waals surface area contributed by atoms with Crippen molar-refractivity contribution < 1.29 is 13.9 Å². The van der Waals surface area contributed by atoms with Crippen LogP contribution in [-0.2, 0) is 6.42 Å². The van der Waals surface area contributed by atoms with Crippen LogP contribution in [0.25, 0.3) is 11.0 Å². The molecule has 0 saturated carbocycles. The smallest absolute Gasteiger partial charge is 0.198 e. The van der Waals surface area contributed by atoms with Gasteiger partial charge in [0.15, 0.2) is 22.9 Å². The van der Waals surface area contributed by atoms with E-state index in [0.29, 0.717) is 23.5 Å². The second kappa shape index (κ2) is 5.25. The number of rotatable bonds is 5. The van der Waals surface area contributed by atoms with E-state index in [0.717, 1.165) is 18.2 Å². The topological polar surface area (TPSA) is 39.4 Å². The van der Waals surface area contributed by atoms with Crippen molar-refractivity contribution in [3.63, 3.8) is 0 Å². The van der Waals surface area contributed by atoms with Crippen LogP contribution in [0, 0.1) is 0 Å². The number of Topliss-reactive ketones (excluding diaryl/α,β-unsaturated/α-hetero) is 1. The zero-order valence-corrected chi connectivity index (χ0v) is 11.1. The van der Waals surface area contributed by atoms with Gasteiger partial charge in [0.2, 0.25) is 0 Å². The van der Waals surface area contributed by atoms with E-state index in [-0.39, 0.29) is 5.78 Å². The highest BCUT2D eigenvalue weighted by atomic mass is 16.5. The Morgan fingerprint density at radius 2 is 2.06 bits per heavy atom. The predicted molar refractivity (Wildman–Crippen MR) is 71.4 cm³/mol. The second-order valence-corrected chi connectivity index (χ2v) is 4.35. The van der Waals surface area contributed by atoms with Gasteiger partial charge < -0.3 is 9.15 Å². The quantitative estimate of drug-likeness (QED) is 0.749. The van der Waals surface area contributed by atoms with Crippen molar-refractivity contribution in [3.05, 3.63) is 29.5 Å². The van der Waals surface area contributed by atoms with Crippen molar-refractivity contribution in [1.29, 1.82) is 0 Å². The van der Waals surface area contributed by atoms with Crippen LogP contribution in [0.3, 0.4) is 0 Å². The number of ether oxygens (including phenoxy) is 1. The summed E-state index contributed by atoms with van der Waals surface area (Å²) < 4.78 is 10.9. The monoisotopic (exact) mass is 246 g/mol. The van der Waals surface area contributed by atoms with E-state index in [1.54, 1.807) is 7.11 Å². The number of furan rings is 1. The Hall–Kier alpha value is -1.77. The first-order chi connectivity index (χ1) is 8.69. The van der Waals surface area contributed by atoms with Gasteiger partial charge in [-0.25, -0.2) is 0 Å². The van der Waals surface area contributed by atoms with Crippen LogP contribution in [0.4, 0.5) is 0 Å². The summed E-state index contributed by atoms with van der Waals surface area (Å²) in [6.45, 7) is 4.07. The summed E-state index contributed by atoms with van der Waals surface area (Å²) in [5, 5.41) is 0.936. The molecule has 0 fully saturated rings. The average Bonchev–Trinajstić information content (AvgIpc) is 2.81. The fourth-order valence-corrected chi connectivity index (χ4v) is 2.02. The van der Waals surface area contributed by atoms with E-state index in [1.165, 1.54) is 5.56 Å². The van der Waals surface area contributed by atoms with Gasteiger partial charge >= 0.3 is 0 Å². The first-order valence-electron chi connectivity index (χ1n) is 6.33. The fourth-order valence-electron chi connectivity index (χ4n) is 2.02. The highest BCUT2D eigenvalue weighted by molar-refractivity contribution is 5.98. The molecule has 0 aliphatic heterocycles. The molecule has 18 heavy (non-hydrogen) atoms. The number of ketones is 1. The van der Waals surface area contributed by atoms with E-state index < -0.39 is 0 Å². The molecule has 96 valence electrons. The van der Waals surface area contributed by atoms with E-state index in [1.807, 2.05) is 25.1 Å². The van der Waals surface area contributed by atoms with Crippen LogP contribution in [0.5, 0.6) is 5.75 Å². The lowest BCUT2D eigenvalue weighted by atomic mass is 10.1. The molecular weight excluding hydrogens is 228 g/mol. The fraction of sp³-hybridized carbons (Fsp3) is 0.400. The van der Waals surface area contributed by atoms with Gasteiger partial charge in [-0.1, -0.05) is 13.8 Å². The minimum Gasteiger partial charge on any atom is -0.493 e. The van der Waals surface area contributed by atoms with Crippen LogP contribution < -0.4 is 4.74 Å². The molecule has 0 spiro atoms. The van der Waals surface area contributed by atoms with Gasteiger partial charge in [-0.3, -0.25) is 4.79 Å². The number of benzene rings is 1. The Morgan fingerprint density at radius 1 is 1.28 bits per heavy atom. The van der Waals surface area contributed by atoms with Crippen LogP contribution in [-0.4, -0.2) is 12.9 Å². The Kier molecular flexibility index (Phi) is 3.70. The average molecular weight is 246 g/mol. The Morgan fingerprint density at radius 3 is 2.67 bits per heavy atom. The molecule has 3 heteroatoms. The number of carbonyl (C=O) groups excluding carboxylic acids is 1. The van der Waals surface area contributed by atoms with Crippen LogP contribution in [0.15, 0.2) is 22.6 Å². The second-order valence-electron chi connectivity index (χ2n) is 4.35. The molecule has 0 saturated heterocycles. The van der Waals surface area contributed by atoms with Crippen molar-refractivity contribution in [1.82, 2.24) is 0 Å². The first kappa shape index (κ1) is 12.7. The van der Waals surface area contributed by atoms with Crippen molar-refractivity contribution in [2.24, 2.45) is 0 Å². The van der Waals surface area contributed by atoms with Gasteiger partial charge in [-0.15, -0.1) is 0 Å². The molecule has 1 aromatic heterocycles. The highest BCUT2D eigenvalue weighted by Crippen LogP contribution is 2.31. The molecule has 0 atom stereocenters. The third kappa shape index (κ3) is 2.26. The summed E-state index contributed by atoms with van der Waals surface area (Å²) in [5.41, 5.74) is 1.84. The third-order valence-corrected chi connectivity index (χ3v) is 3.02. The van der Waals surface area contributed by atoms with E-state index in [4.69, 9.17) is 9.15 Å². The zero-order valence-electron chi connectivity index (χ0n) is 11.1. The van der Waals surface area contributed by atoms with Gasteiger partial charge in [0, 0.05) is 11.8 Å². The Balaban J connectivity index is 2.52. The molecule has 0 N–H and O–H groups in total. The number of hydrogen-bond acceptors (Lipinski definition) is 3. The molecule has 0 unspecified atom stereocenters. The molecule has 0 radical (unpaired) electrons. The van der Waals surface area contributed by atoms with Gasteiger partial charge in [0.25, 0.3) is 0 Å². The molecule has 0 aliphatic carbocycles. The van der Waals surface area contributed by atoms with Gasteiger partial charge in [0.1, 0.15) is 0 Å². The molecular formula is C15H18O3. The molecule has 2 aromatic rings. The number of aryl methyl sites for hydroxylation is 1. The number of hydrogen-bond donors (Lipinski definition) is 0. The van der Waals surface area contributed by atoms with Gasteiger partial charge in [-0.2, -0.15) is 0 Å². The number of carbonyl (C=O) groups is 1. The summed E-state index contributed by atoms with van der Waals surface area (Å²) in [6, 6.07) is 5.82. The number of fused-ring (bicyclic) bond motifs is 1. The van der Waals surface area contributed by atoms with Crippen molar-refractivity contribution in [2.45, 2.75) is 33.1 Å². The van der Waals surface area contributed by atoms with Gasteiger partial charge in [-0.05, 0) is 36.6 Å². The molecule has 3 nitrogen and oxygen atoms in total. The van der Waals surface area contributed by atoms with E-state index in [9.17, 15) is 4.79 Å². The largest absolute Gasteiger partial charge is 0.493 e. The molecule has 2 rings (SSSR count).